The molecule has 2 atom stereocenters. The van der Waals surface area contributed by atoms with Crippen molar-refractivity contribution in [3.8, 4) is 0 Å². The van der Waals surface area contributed by atoms with Gasteiger partial charge in [-0.15, -0.1) is 0 Å². The van der Waals surface area contributed by atoms with Crippen molar-refractivity contribution in [3.63, 3.8) is 0 Å². The summed E-state index contributed by atoms with van der Waals surface area (Å²) in [5, 5.41) is 0. The molecule has 2 aliphatic rings. The van der Waals surface area contributed by atoms with Gasteiger partial charge in [0.2, 0.25) is 0 Å². The highest BCUT2D eigenvalue weighted by molar-refractivity contribution is 6.08. The number of carbonyl (C=O) groups is 2. The third-order valence-corrected chi connectivity index (χ3v) is 6.44. The second-order valence-electron chi connectivity index (χ2n) is 8.02. The van der Waals surface area contributed by atoms with Crippen LogP contribution < -0.4 is 0 Å². The Labute approximate surface area is 181 Å². The van der Waals surface area contributed by atoms with Gasteiger partial charge in [0.1, 0.15) is 12.4 Å². The van der Waals surface area contributed by atoms with Crippen LogP contribution in [0.3, 0.4) is 0 Å². The van der Waals surface area contributed by atoms with E-state index in [1.807, 2.05) is 91.0 Å². The fourth-order valence-electron chi connectivity index (χ4n) is 4.92. The number of ether oxygens (including phenoxy) is 2. The summed E-state index contributed by atoms with van der Waals surface area (Å²) in [4.78, 5) is 26.3. The van der Waals surface area contributed by atoms with Crippen LogP contribution in [-0.2, 0) is 24.7 Å². The Morgan fingerprint density at radius 3 is 1.87 bits per heavy atom. The summed E-state index contributed by atoms with van der Waals surface area (Å²) in [6.07, 6.45) is 1.68. The first-order valence-electron chi connectivity index (χ1n) is 10.4. The van der Waals surface area contributed by atoms with Crippen molar-refractivity contribution in [2.75, 3.05) is 6.61 Å². The lowest BCUT2D eigenvalue weighted by atomic mass is 9.61. The second kappa shape index (κ2) is 7.24. The van der Waals surface area contributed by atoms with Gasteiger partial charge < -0.3 is 9.47 Å². The third kappa shape index (κ3) is 2.75. The predicted molar refractivity (Wildman–Crippen MR) is 117 cm³/mol. The van der Waals surface area contributed by atoms with E-state index in [0.29, 0.717) is 5.76 Å². The number of esters is 1. The molecule has 0 spiro atoms. The Hall–Kier alpha value is -3.66. The average Bonchev–Trinajstić information content (AvgIpc) is 3.18. The van der Waals surface area contributed by atoms with Gasteiger partial charge >= 0.3 is 5.97 Å². The van der Waals surface area contributed by atoms with Crippen LogP contribution in [-0.4, -0.2) is 18.4 Å². The molecule has 2 heterocycles. The van der Waals surface area contributed by atoms with E-state index < -0.39 is 22.9 Å². The van der Waals surface area contributed by atoms with Gasteiger partial charge in [0.15, 0.2) is 16.8 Å². The lowest BCUT2D eigenvalue weighted by Crippen LogP contribution is -2.53. The maximum atomic E-state index is 13.2. The molecule has 0 bridgehead atoms. The zero-order valence-electron chi connectivity index (χ0n) is 17.2. The fraction of sp³-hybridized carbons (Fsp3) is 0.185. The molecule has 0 aliphatic carbocycles. The Morgan fingerprint density at radius 1 is 0.839 bits per heavy atom. The molecule has 31 heavy (non-hydrogen) atoms. The van der Waals surface area contributed by atoms with Gasteiger partial charge in [0.25, 0.3) is 0 Å². The second-order valence-corrected chi connectivity index (χ2v) is 8.02. The maximum Gasteiger partial charge on any atom is 0.324 e. The molecule has 0 aromatic heterocycles. The Bertz CT molecular complexity index is 1110. The van der Waals surface area contributed by atoms with Crippen molar-refractivity contribution in [1.29, 1.82) is 0 Å². The highest BCUT2D eigenvalue weighted by Gasteiger charge is 2.67. The maximum absolute atomic E-state index is 13.2. The van der Waals surface area contributed by atoms with Crippen LogP contribution in [0.4, 0.5) is 0 Å². The Kier molecular flexibility index (Phi) is 4.51. The van der Waals surface area contributed by atoms with Crippen molar-refractivity contribution in [3.05, 3.63) is 114 Å². The molecule has 0 N–H and O–H groups in total. The van der Waals surface area contributed by atoms with Gasteiger partial charge in [-0.2, -0.15) is 0 Å². The number of cyclic esters (lactones) is 1. The van der Waals surface area contributed by atoms with E-state index in [1.165, 1.54) is 6.92 Å². The van der Waals surface area contributed by atoms with E-state index in [2.05, 4.69) is 0 Å². The molecule has 154 valence electrons. The molecule has 2 aliphatic heterocycles. The van der Waals surface area contributed by atoms with Gasteiger partial charge in [0.05, 0.1) is 5.92 Å². The normalized spacial score (nSPS) is 23.8. The molecular formula is C27H22O4. The number of carbonyl (C=O) groups excluding carboxylic acids is 2. The van der Waals surface area contributed by atoms with Crippen LogP contribution in [0, 0.1) is 11.3 Å². The topological polar surface area (TPSA) is 52.6 Å². The molecule has 3 aromatic rings. The molecule has 0 saturated carbocycles. The van der Waals surface area contributed by atoms with Gasteiger partial charge in [-0.1, -0.05) is 91.0 Å². The number of rotatable bonds is 4. The quantitative estimate of drug-likeness (QED) is 0.460. The number of hydrogen-bond donors (Lipinski definition) is 0. The Morgan fingerprint density at radius 2 is 1.35 bits per heavy atom. The number of Topliss-reactive ketones (excluding diaryl/α,β-unsaturated/α-hetero) is 1. The van der Waals surface area contributed by atoms with Gasteiger partial charge in [0, 0.05) is 16.7 Å². The standard InChI is InChI=1S/C27H22O4/c1-19(28)26-17-23(20-11-5-2-6-12-20)31-27(21-13-7-3-8-14-21,22-15-9-4-10-16-22)24(26)18-30-25(26)29/h2-17,24H,18H2,1H3. The lowest BCUT2D eigenvalue weighted by molar-refractivity contribution is -0.151. The molecule has 1 fully saturated rings. The van der Waals surface area contributed by atoms with Gasteiger partial charge in [-0.25, -0.2) is 0 Å². The SMILES string of the molecule is CC(=O)C12C=C(c3ccccc3)OC(c3ccccc3)(c3ccccc3)C1COC2=O. The fourth-order valence-corrected chi connectivity index (χ4v) is 4.92. The van der Waals surface area contributed by atoms with E-state index in [-0.39, 0.29) is 12.4 Å². The molecule has 1 saturated heterocycles. The van der Waals surface area contributed by atoms with Crippen molar-refractivity contribution >= 4 is 17.5 Å². The summed E-state index contributed by atoms with van der Waals surface area (Å²) >= 11 is 0. The smallest absolute Gasteiger partial charge is 0.324 e. The van der Waals surface area contributed by atoms with Crippen LogP contribution in [0.2, 0.25) is 0 Å². The highest BCUT2D eigenvalue weighted by Crippen LogP contribution is 2.58. The van der Waals surface area contributed by atoms with E-state index in [9.17, 15) is 9.59 Å². The van der Waals surface area contributed by atoms with Crippen molar-refractivity contribution < 1.29 is 19.1 Å². The first-order chi connectivity index (χ1) is 15.1. The molecule has 2 unspecified atom stereocenters. The zero-order chi connectivity index (χ0) is 21.5. The molecule has 4 heteroatoms. The molecule has 0 amide bonds. The number of ketones is 1. The van der Waals surface area contributed by atoms with E-state index in [0.717, 1.165) is 16.7 Å². The number of hydrogen-bond acceptors (Lipinski definition) is 4. The molecule has 5 rings (SSSR count). The molecule has 0 radical (unpaired) electrons. The zero-order valence-corrected chi connectivity index (χ0v) is 17.2. The highest BCUT2D eigenvalue weighted by atomic mass is 16.6. The van der Waals surface area contributed by atoms with Crippen LogP contribution in [0.15, 0.2) is 97.1 Å². The minimum absolute atomic E-state index is 0.0980. The van der Waals surface area contributed by atoms with Crippen LogP contribution in [0.5, 0.6) is 0 Å². The summed E-state index contributed by atoms with van der Waals surface area (Å²) in [6.45, 7) is 1.56. The molecular weight excluding hydrogens is 388 g/mol. The third-order valence-electron chi connectivity index (χ3n) is 6.44. The number of benzene rings is 3. The van der Waals surface area contributed by atoms with E-state index in [4.69, 9.17) is 9.47 Å². The monoisotopic (exact) mass is 410 g/mol. The van der Waals surface area contributed by atoms with Crippen LogP contribution >= 0.6 is 0 Å². The van der Waals surface area contributed by atoms with Crippen LogP contribution in [0.1, 0.15) is 23.6 Å². The number of fused-ring (bicyclic) bond motifs is 1. The Balaban J connectivity index is 1.86. The first kappa shape index (κ1) is 19.3. The van der Waals surface area contributed by atoms with E-state index >= 15 is 0 Å². The minimum atomic E-state index is -1.42. The van der Waals surface area contributed by atoms with E-state index in [1.54, 1.807) is 6.08 Å². The summed E-state index contributed by atoms with van der Waals surface area (Å²) in [5.74, 6) is -0.799. The summed E-state index contributed by atoms with van der Waals surface area (Å²) in [5.41, 5.74) is 0.0564. The van der Waals surface area contributed by atoms with Gasteiger partial charge in [-0.05, 0) is 13.0 Å². The van der Waals surface area contributed by atoms with Gasteiger partial charge in [-0.3, -0.25) is 9.59 Å². The van der Waals surface area contributed by atoms with Crippen molar-refractivity contribution in [1.82, 2.24) is 0 Å². The average molecular weight is 410 g/mol. The molecule has 3 aromatic carbocycles. The molecule has 4 nitrogen and oxygen atoms in total. The van der Waals surface area contributed by atoms with Crippen LogP contribution in [0.25, 0.3) is 5.76 Å². The predicted octanol–water partition coefficient (Wildman–Crippen LogP) is 4.75. The first-order valence-corrected chi connectivity index (χ1v) is 10.4. The largest absolute Gasteiger partial charge is 0.477 e. The van der Waals surface area contributed by atoms with Crippen molar-refractivity contribution in [2.45, 2.75) is 12.5 Å². The summed E-state index contributed by atoms with van der Waals surface area (Å²) in [6, 6.07) is 29.1. The summed E-state index contributed by atoms with van der Waals surface area (Å²) in [7, 11) is 0. The lowest BCUT2D eigenvalue weighted by Gasteiger charge is -2.47. The minimum Gasteiger partial charge on any atom is -0.477 e. The van der Waals surface area contributed by atoms with Crippen molar-refractivity contribution in [2.24, 2.45) is 11.3 Å². The summed E-state index contributed by atoms with van der Waals surface area (Å²) < 4.78 is 12.4.